The molecule has 3 unspecified atom stereocenters. The largest absolute Gasteiger partial charge is 0.490 e. The number of nitrogens with one attached hydrogen (secondary N) is 2. The summed E-state index contributed by atoms with van der Waals surface area (Å²) in [6, 6.07) is 0. The number of ether oxygens (including phenoxy) is 7. The molecule has 0 saturated carbocycles. The SMILES string of the molecule is C=C(CCCCO/C(=N/N(C=O)CCC/C=C(/C[NH+]1C=c2c(c(OCCCC[C@@H](C)OC(C)=O)nn(CCCC[C@H](O)C[NH+]3C=c4c(c(OCCCC[C@@H](C)O)nn(CCCC[C@@H](C)OC(C)=O)c4=O)=C[N-]3)c2=O)=C[N-]1)OC(C)=O)C1=CN=NCC1C)OC(C)=O. The highest BCUT2D eigenvalue weighted by molar-refractivity contribution is 5.94. The van der Waals surface area contributed by atoms with Crippen molar-refractivity contribution in [2.75, 3.05) is 46.0 Å². The Morgan fingerprint density at radius 1 is 0.725 bits per heavy atom. The molecule has 0 radical (unpaired) electrons. The third kappa shape index (κ3) is 26.7. The third-order valence-corrected chi connectivity index (χ3v) is 14.5. The lowest BCUT2D eigenvalue weighted by Crippen LogP contribution is -3.05. The first-order valence-corrected chi connectivity index (χ1v) is 31.6. The Hall–Kier alpha value is -8.08. The number of esters is 4. The first-order chi connectivity index (χ1) is 43.6. The maximum absolute atomic E-state index is 14.3. The van der Waals surface area contributed by atoms with E-state index in [1.54, 1.807) is 37.8 Å². The van der Waals surface area contributed by atoms with E-state index in [9.17, 15) is 43.8 Å². The van der Waals surface area contributed by atoms with E-state index in [4.69, 9.17) is 33.2 Å². The Morgan fingerprint density at radius 3 is 1.84 bits per heavy atom. The van der Waals surface area contributed by atoms with E-state index in [0.717, 1.165) is 6.42 Å². The van der Waals surface area contributed by atoms with Gasteiger partial charge in [-0.3, -0.25) is 33.6 Å². The molecule has 3 aliphatic rings. The maximum atomic E-state index is 14.3. The van der Waals surface area contributed by atoms with Crippen molar-refractivity contribution in [3.8, 4) is 11.8 Å². The van der Waals surface area contributed by atoms with E-state index in [0.29, 0.717) is 166 Å². The number of hydrazone groups is 1. The van der Waals surface area contributed by atoms with E-state index >= 15 is 0 Å². The first kappa shape index (κ1) is 73.7. The van der Waals surface area contributed by atoms with E-state index in [1.165, 1.54) is 48.3 Å². The molecule has 28 heteroatoms. The second-order valence-corrected chi connectivity index (χ2v) is 23.0. The third-order valence-electron chi connectivity index (χ3n) is 14.5. The number of rotatable bonds is 42. The molecule has 0 fully saturated rings. The van der Waals surface area contributed by atoms with Gasteiger partial charge < -0.3 is 64.2 Å². The molecule has 28 nitrogen and oxygen atoms in total. The van der Waals surface area contributed by atoms with Crippen molar-refractivity contribution >= 4 is 61.0 Å². The van der Waals surface area contributed by atoms with E-state index < -0.39 is 29.7 Å². The highest BCUT2D eigenvalue weighted by Gasteiger charge is 2.22. The second kappa shape index (κ2) is 39.2. The van der Waals surface area contributed by atoms with Crippen LogP contribution in [0.25, 0.3) is 35.7 Å². The molecule has 0 aliphatic carbocycles. The van der Waals surface area contributed by atoms with Gasteiger partial charge in [-0.15, -0.1) is 27.7 Å². The van der Waals surface area contributed by atoms with Crippen LogP contribution in [0.2, 0.25) is 0 Å². The number of carbonyl (C=O) groups excluding carboxylic acids is 5. The second-order valence-electron chi connectivity index (χ2n) is 23.0. The lowest BCUT2D eigenvalue weighted by molar-refractivity contribution is -0.776. The molecule has 0 saturated heterocycles. The van der Waals surface area contributed by atoms with Crippen molar-refractivity contribution in [2.45, 2.75) is 202 Å². The number of carbonyl (C=O) groups is 5. The summed E-state index contributed by atoms with van der Waals surface area (Å²) in [5.74, 6) is -0.468. The topological polar surface area (TPSA) is 338 Å². The van der Waals surface area contributed by atoms with Gasteiger partial charge in [-0.25, -0.2) is 14.4 Å². The fraction of sp³-hybridized carbons (Fsp3) is 0.619. The summed E-state index contributed by atoms with van der Waals surface area (Å²) in [4.78, 5) is 87.2. The summed E-state index contributed by atoms with van der Waals surface area (Å²) in [6.45, 7) is 18.5. The molecule has 5 heterocycles. The van der Waals surface area contributed by atoms with Crippen LogP contribution in [0.4, 0.5) is 0 Å². The molecule has 502 valence electrons. The minimum absolute atomic E-state index is 0.0352. The molecular formula is C63H94N12O16. The zero-order valence-corrected chi connectivity index (χ0v) is 54.1. The maximum Gasteiger partial charge on any atom is 0.307 e. The van der Waals surface area contributed by atoms with E-state index in [2.05, 4.69) is 43.0 Å². The standard InChI is InChI=1S/C63H94N12O16/c1-43-34-64-65-35-54(43)59(85-32-20-14-24-46(4)89-49(7)79)68-71(42-76)28-16-12-27-53(91-51(9)81)39-73-41-58-56(37-67-73)61(87-33-21-15-25-47(5)90-50(8)80)70-75(63(58)84)30-18-11-26-52(82)38-72-40-57-55(36-66-72)60(86-31-19-13-22-44(2)77)69-74(62(57)83)29-17-10-23-45(3)88-48(6)78/h27,35-37,40-45,47,52,72-73,77,82H,4,10-26,28-34,38-39H2,1-3,5-9H3/b53-27-,68-59+/t43?,44-,45-,47-,52+/m1/s1. The monoisotopic (exact) mass is 1270 g/mol. The molecular weight excluding hydrogens is 1180 g/mol. The number of amides is 1. The lowest BCUT2D eigenvalue weighted by atomic mass is 10.0. The number of fused-ring (bicyclic) bond motifs is 2. The van der Waals surface area contributed by atoms with Gasteiger partial charge in [0.05, 0.1) is 50.9 Å². The Bertz CT molecular complexity index is 3290. The summed E-state index contributed by atoms with van der Waals surface area (Å²) in [5.41, 5.74) is 9.17. The number of hydrogen-bond acceptors (Lipinski definition) is 21. The fourth-order valence-corrected chi connectivity index (χ4v) is 9.94. The van der Waals surface area contributed by atoms with Gasteiger partial charge in [0, 0.05) is 75.7 Å². The van der Waals surface area contributed by atoms with Gasteiger partial charge in [-0.1, -0.05) is 13.5 Å². The molecule has 1 amide bonds. The number of quaternary nitrogens is 2. The van der Waals surface area contributed by atoms with Crippen LogP contribution in [0.1, 0.15) is 165 Å². The zero-order chi connectivity index (χ0) is 66.2. The van der Waals surface area contributed by atoms with Crippen molar-refractivity contribution in [3.05, 3.63) is 88.4 Å². The summed E-state index contributed by atoms with van der Waals surface area (Å²) in [7, 11) is 0. The smallest absolute Gasteiger partial charge is 0.307 e. The summed E-state index contributed by atoms with van der Waals surface area (Å²) >= 11 is 0. The molecule has 0 aromatic carbocycles. The molecule has 5 rings (SSSR count). The predicted octanol–water partition coefficient (Wildman–Crippen LogP) is 2.16. The Labute approximate surface area is 530 Å². The van der Waals surface area contributed by atoms with E-state index in [-0.39, 0.29) is 104 Å². The number of unbranched alkanes of at least 4 members (excludes halogenated alkanes) is 6. The number of aliphatic hydroxyl groups excluding tert-OH is 2. The normalized spacial score (nSPS) is 17.2. The zero-order valence-electron chi connectivity index (χ0n) is 54.1. The van der Waals surface area contributed by atoms with Gasteiger partial charge in [0.1, 0.15) is 47.8 Å². The Kier molecular flexibility index (Phi) is 31.8. The molecule has 7 atom stereocenters. The Morgan fingerprint density at radius 2 is 1.27 bits per heavy atom. The highest BCUT2D eigenvalue weighted by Crippen LogP contribution is 2.20. The van der Waals surface area contributed by atoms with Crippen molar-refractivity contribution < 1.29 is 77.4 Å². The molecule has 0 bridgehead atoms. The molecule has 0 spiro atoms. The minimum atomic E-state index is -0.850. The van der Waals surface area contributed by atoms with E-state index in [1.807, 2.05) is 20.8 Å². The average Bonchev–Trinajstić information content (AvgIpc) is 0.932. The van der Waals surface area contributed by atoms with Crippen molar-refractivity contribution in [1.29, 1.82) is 0 Å². The first-order valence-electron chi connectivity index (χ1n) is 31.6. The van der Waals surface area contributed by atoms with Crippen LogP contribution in [-0.2, 0) is 60.7 Å². The quantitative estimate of drug-likeness (QED) is 0.0108. The highest BCUT2D eigenvalue weighted by atomic mass is 16.6. The minimum Gasteiger partial charge on any atom is -0.490 e. The van der Waals surface area contributed by atoms with Crippen LogP contribution in [0.15, 0.2) is 60.9 Å². The number of hydrogen-bond donors (Lipinski definition) is 4. The van der Waals surface area contributed by atoms with Gasteiger partial charge in [0.15, 0.2) is 5.76 Å². The van der Waals surface area contributed by atoms with Crippen molar-refractivity contribution in [1.82, 2.24) is 24.6 Å². The molecule has 3 aliphatic heterocycles. The number of aliphatic hydroxyl groups is 2. The van der Waals surface area contributed by atoms with Crippen molar-refractivity contribution in [3.63, 3.8) is 0 Å². The predicted molar refractivity (Wildman–Crippen MR) is 335 cm³/mol. The van der Waals surface area contributed by atoms with Gasteiger partial charge in [-0.05, 0) is 130 Å². The summed E-state index contributed by atoms with van der Waals surface area (Å²) in [6.07, 6.45) is 18.0. The lowest BCUT2D eigenvalue weighted by Gasteiger charge is -2.30. The van der Waals surface area contributed by atoms with Gasteiger partial charge in [0.25, 0.3) is 11.1 Å². The number of azo groups is 1. The molecule has 2 aromatic rings. The number of aromatic nitrogens is 4. The van der Waals surface area contributed by atoms with Crippen LogP contribution >= 0.6 is 0 Å². The van der Waals surface area contributed by atoms with Crippen LogP contribution in [0, 0.1) is 5.92 Å². The summed E-state index contributed by atoms with van der Waals surface area (Å²) < 4.78 is 42.3. The van der Waals surface area contributed by atoms with Gasteiger partial charge >= 0.3 is 23.9 Å². The van der Waals surface area contributed by atoms with Crippen LogP contribution < -0.4 is 51.5 Å². The van der Waals surface area contributed by atoms with Crippen LogP contribution in [-0.4, -0.2) is 141 Å². The number of aryl methyl sites for hydroxylation is 2. The van der Waals surface area contributed by atoms with Gasteiger partial charge in [-0.2, -0.15) is 10.2 Å². The van der Waals surface area contributed by atoms with Crippen LogP contribution in [0.3, 0.4) is 0 Å². The average molecular weight is 1280 g/mol. The molecule has 4 N–H and O–H groups in total. The summed E-state index contributed by atoms with van der Waals surface area (Å²) in [5, 5.41) is 46.5. The Balaban J connectivity index is 1.27. The van der Waals surface area contributed by atoms with Crippen molar-refractivity contribution in [2.24, 2.45) is 21.2 Å². The van der Waals surface area contributed by atoms with Crippen LogP contribution in [0.5, 0.6) is 11.8 Å². The molecule has 2 aromatic heterocycles. The number of nitrogens with zero attached hydrogens (tertiary/aromatic N) is 10. The van der Waals surface area contributed by atoms with Gasteiger partial charge in [0.2, 0.25) is 24.1 Å². The number of allylic oxidation sites excluding steroid dienone is 2. The fourth-order valence-electron chi connectivity index (χ4n) is 9.94. The molecule has 91 heavy (non-hydrogen) atoms.